The van der Waals surface area contributed by atoms with Gasteiger partial charge in [-0.1, -0.05) is 87.5 Å². The van der Waals surface area contributed by atoms with E-state index in [1.807, 2.05) is 36.4 Å². The number of hydrogen-bond donors (Lipinski definition) is 0. The van der Waals surface area contributed by atoms with Gasteiger partial charge in [-0.2, -0.15) is 8.42 Å². The number of fused-ring (bicyclic) bond motifs is 1. The highest BCUT2D eigenvalue weighted by molar-refractivity contribution is 7.86. The van der Waals surface area contributed by atoms with E-state index in [4.69, 9.17) is 13.3 Å². The summed E-state index contributed by atoms with van der Waals surface area (Å²) in [5.74, 6) is 0. The molecule has 0 bridgehead atoms. The fourth-order valence-electron chi connectivity index (χ4n) is 5.90. The van der Waals surface area contributed by atoms with Crippen molar-refractivity contribution >= 4 is 45.4 Å². The lowest BCUT2D eigenvalue weighted by molar-refractivity contribution is -0.383. The fourth-order valence-corrected chi connectivity index (χ4v) is 11.1. The van der Waals surface area contributed by atoms with E-state index in [1.165, 1.54) is 6.07 Å². The molecule has 1 fully saturated rings. The van der Waals surface area contributed by atoms with Crippen LogP contribution in [0.3, 0.4) is 0 Å². The molecule has 0 radical (unpaired) electrons. The quantitative estimate of drug-likeness (QED) is 0.119. The summed E-state index contributed by atoms with van der Waals surface area (Å²) in [6, 6.07) is 26.9. The van der Waals surface area contributed by atoms with E-state index in [0.717, 1.165) is 16.6 Å². The summed E-state index contributed by atoms with van der Waals surface area (Å²) in [6.07, 6.45) is 0.875. The zero-order chi connectivity index (χ0) is 29.4. The predicted molar refractivity (Wildman–Crippen MR) is 160 cm³/mol. The number of non-ortho nitro benzene ring substituents is 1. The molecule has 1 saturated heterocycles. The highest BCUT2D eigenvalue weighted by Gasteiger charge is 2.51. The van der Waals surface area contributed by atoms with Gasteiger partial charge in [0.1, 0.15) is 18.4 Å². The molecule has 0 spiro atoms. The number of ether oxygens (including phenoxy) is 1. The maximum absolute atomic E-state index is 12.3. The molecule has 1 aliphatic heterocycles. The van der Waals surface area contributed by atoms with Gasteiger partial charge < -0.3 is 13.7 Å². The van der Waals surface area contributed by atoms with Crippen molar-refractivity contribution in [3.05, 3.63) is 101 Å². The molecule has 9 nitrogen and oxygen atoms in total. The van der Waals surface area contributed by atoms with Gasteiger partial charge in [0, 0.05) is 18.7 Å². The van der Waals surface area contributed by atoms with E-state index in [9.17, 15) is 18.5 Å². The SMILES string of the molecule is CC(C)(C)[Si](OC[C@H]1O[C@@H](n2ccc3c([N+](=O)[O-])cccc32)C[C@@H]1OS(C)(=O)=O)(c1ccccc1)c1ccccc1. The lowest BCUT2D eigenvalue weighted by Crippen LogP contribution is -2.67. The molecule has 3 atom stereocenters. The van der Waals surface area contributed by atoms with Crippen molar-refractivity contribution < 1.29 is 26.7 Å². The molecule has 41 heavy (non-hydrogen) atoms. The van der Waals surface area contributed by atoms with Gasteiger partial charge in [-0.15, -0.1) is 0 Å². The molecule has 0 N–H and O–H groups in total. The van der Waals surface area contributed by atoms with Crippen molar-refractivity contribution in [2.24, 2.45) is 0 Å². The maximum atomic E-state index is 12.3. The number of nitrogens with zero attached hydrogens (tertiary/aromatic N) is 2. The highest BCUT2D eigenvalue weighted by atomic mass is 32.2. The first-order chi connectivity index (χ1) is 19.4. The molecule has 0 amide bonds. The summed E-state index contributed by atoms with van der Waals surface area (Å²) < 4.78 is 45.4. The summed E-state index contributed by atoms with van der Waals surface area (Å²) in [4.78, 5) is 11.1. The second-order valence-electron chi connectivity index (χ2n) is 11.4. The van der Waals surface area contributed by atoms with Crippen molar-refractivity contribution in [2.75, 3.05) is 12.9 Å². The minimum atomic E-state index is -3.80. The zero-order valence-electron chi connectivity index (χ0n) is 23.5. The van der Waals surface area contributed by atoms with E-state index < -0.39 is 41.8 Å². The smallest absolute Gasteiger partial charge is 0.278 e. The monoisotopic (exact) mass is 594 g/mol. The number of benzene rings is 3. The van der Waals surface area contributed by atoms with Gasteiger partial charge in [0.2, 0.25) is 0 Å². The molecule has 216 valence electrons. The Labute approximate surface area is 241 Å². The molecule has 0 aliphatic carbocycles. The van der Waals surface area contributed by atoms with Crippen LogP contribution in [0.15, 0.2) is 91.1 Å². The second kappa shape index (κ2) is 11.1. The summed E-state index contributed by atoms with van der Waals surface area (Å²) in [6.45, 7) is 6.60. The average molecular weight is 595 g/mol. The van der Waals surface area contributed by atoms with Crippen LogP contribution in [-0.2, 0) is 23.5 Å². The summed E-state index contributed by atoms with van der Waals surface area (Å²) in [5, 5.41) is 14.0. The Morgan fingerprint density at radius 1 is 0.976 bits per heavy atom. The minimum absolute atomic E-state index is 0.00486. The van der Waals surface area contributed by atoms with Crippen LogP contribution in [0.4, 0.5) is 5.69 Å². The highest BCUT2D eigenvalue weighted by Crippen LogP contribution is 2.40. The van der Waals surface area contributed by atoms with Crippen LogP contribution < -0.4 is 10.4 Å². The first kappa shape index (κ1) is 29.1. The number of aromatic nitrogens is 1. The van der Waals surface area contributed by atoms with E-state index in [2.05, 4.69) is 45.0 Å². The van der Waals surface area contributed by atoms with Crippen LogP contribution in [0.2, 0.25) is 5.04 Å². The van der Waals surface area contributed by atoms with Gasteiger partial charge in [-0.25, -0.2) is 0 Å². The third-order valence-electron chi connectivity index (χ3n) is 7.61. The number of rotatable bonds is 9. The number of hydrogen-bond acceptors (Lipinski definition) is 7. The van der Waals surface area contributed by atoms with E-state index in [0.29, 0.717) is 10.9 Å². The van der Waals surface area contributed by atoms with Crippen LogP contribution in [0, 0.1) is 10.1 Å². The van der Waals surface area contributed by atoms with Crippen molar-refractivity contribution in [1.29, 1.82) is 0 Å². The normalized spacial score (nSPS) is 20.0. The molecular formula is C30H34N2O7SSi. The first-order valence-corrected chi connectivity index (χ1v) is 17.2. The predicted octanol–water partition coefficient (Wildman–Crippen LogP) is 4.76. The van der Waals surface area contributed by atoms with Gasteiger partial charge in [0.05, 0.1) is 28.7 Å². The Morgan fingerprint density at radius 2 is 1.59 bits per heavy atom. The van der Waals surface area contributed by atoms with Crippen molar-refractivity contribution in [3.63, 3.8) is 0 Å². The zero-order valence-corrected chi connectivity index (χ0v) is 25.3. The van der Waals surface area contributed by atoms with Crippen LogP contribution in [0.5, 0.6) is 0 Å². The molecular weight excluding hydrogens is 560 g/mol. The largest absolute Gasteiger partial charge is 0.405 e. The summed E-state index contributed by atoms with van der Waals surface area (Å²) in [7, 11) is -6.73. The molecule has 1 aromatic heterocycles. The fraction of sp³-hybridized carbons (Fsp3) is 0.333. The molecule has 4 aromatic rings. The van der Waals surface area contributed by atoms with Crippen molar-refractivity contribution in [1.82, 2.24) is 4.57 Å². The number of nitro groups is 1. The molecule has 0 unspecified atom stereocenters. The van der Waals surface area contributed by atoms with E-state index >= 15 is 0 Å². The van der Waals surface area contributed by atoms with Crippen molar-refractivity contribution in [3.8, 4) is 0 Å². The Morgan fingerprint density at radius 3 is 2.12 bits per heavy atom. The second-order valence-corrected chi connectivity index (χ2v) is 17.3. The van der Waals surface area contributed by atoms with E-state index in [1.54, 1.807) is 29.0 Å². The summed E-state index contributed by atoms with van der Waals surface area (Å²) >= 11 is 0. The van der Waals surface area contributed by atoms with Crippen molar-refractivity contribution in [2.45, 2.75) is 50.7 Å². The van der Waals surface area contributed by atoms with Gasteiger partial charge in [0.25, 0.3) is 24.1 Å². The van der Waals surface area contributed by atoms with Crippen LogP contribution >= 0.6 is 0 Å². The molecule has 2 heterocycles. The van der Waals surface area contributed by atoms with Crippen LogP contribution in [0.1, 0.15) is 33.4 Å². The molecule has 5 rings (SSSR count). The third-order valence-corrected chi connectivity index (χ3v) is 13.2. The third kappa shape index (κ3) is 5.73. The minimum Gasteiger partial charge on any atom is -0.405 e. The Balaban J connectivity index is 1.52. The topological polar surface area (TPSA) is 110 Å². The van der Waals surface area contributed by atoms with Gasteiger partial charge in [-0.05, 0) is 27.5 Å². The molecule has 1 aliphatic rings. The Hall–Kier alpha value is -3.35. The molecule has 0 saturated carbocycles. The lowest BCUT2D eigenvalue weighted by atomic mass is 10.2. The molecule has 11 heteroatoms. The standard InChI is InChI=1S/C30H34N2O7SSi/c1-30(2,3)41(22-12-7-5-8-13-22,23-14-9-6-10-15-23)37-21-28-27(39-40(4,35)36)20-29(38-28)31-19-18-24-25(31)16-11-17-26(24)32(33)34/h5-19,27-29H,20-21H2,1-4H3/t27-,28+,29+/m0/s1. The van der Waals surface area contributed by atoms with Gasteiger partial charge in [-0.3, -0.25) is 14.3 Å². The Bertz CT molecular complexity index is 1600. The summed E-state index contributed by atoms with van der Waals surface area (Å²) in [5.41, 5.74) is 0.616. The van der Waals surface area contributed by atoms with E-state index in [-0.39, 0.29) is 23.8 Å². The molecule has 3 aromatic carbocycles. The van der Waals surface area contributed by atoms with Gasteiger partial charge in [0.15, 0.2) is 0 Å². The Kier molecular flexibility index (Phi) is 7.92. The maximum Gasteiger partial charge on any atom is 0.278 e. The lowest BCUT2D eigenvalue weighted by Gasteiger charge is -2.43. The number of nitro benzene ring substituents is 1. The van der Waals surface area contributed by atoms with Crippen LogP contribution in [-0.4, -0.2) is 51.3 Å². The first-order valence-electron chi connectivity index (χ1n) is 13.4. The van der Waals surface area contributed by atoms with Gasteiger partial charge >= 0.3 is 0 Å². The van der Waals surface area contributed by atoms with Crippen LogP contribution in [0.25, 0.3) is 10.9 Å². The average Bonchev–Trinajstić information content (AvgIpc) is 3.52.